The van der Waals surface area contributed by atoms with Crippen molar-refractivity contribution in [3.05, 3.63) is 36.0 Å². The molecule has 2 aromatic rings. The van der Waals surface area contributed by atoms with Crippen LogP contribution in [0.2, 0.25) is 0 Å². The Morgan fingerprint density at radius 1 is 1.20 bits per heavy atom. The number of para-hydroxylation sites is 1. The maximum absolute atomic E-state index is 12.8. The van der Waals surface area contributed by atoms with E-state index in [1.807, 2.05) is 38.1 Å². The molecule has 1 aromatic carbocycles. The Kier molecular flexibility index (Phi) is 8.23. The highest BCUT2D eigenvalue weighted by molar-refractivity contribution is 6.27. The van der Waals surface area contributed by atoms with Gasteiger partial charge in [0, 0.05) is 17.3 Å². The molecule has 1 aromatic heterocycles. The number of aromatic amines is 1. The molecule has 1 unspecified atom stereocenters. The molecule has 4 amide bonds. The van der Waals surface area contributed by atoms with Crippen LogP contribution in [0.15, 0.2) is 30.3 Å². The summed E-state index contributed by atoms with van der Waals surface area (Å²) in [5.74, 6) is -2.53. The summed E-state index contributed by atoms with van der Waals surface area (Å²) in [5, 5.41) is 4.53. The molecule has 0 saturated heterocycles. The molecule has 0 bridgehead atoms. The average molecular weight is 436 g/mol. The fourth-order valence-electron chi connectivity index (χ4n) is 2.88. The number of hydrogen-bond donors (Lipinski definition) is 4. The van der Waals surface area contributed by atoms with E-state index in [9.17, 15) is 19.2 Å². The van der Waals surface area contributed by atoms with E-state index in [2.05, 4.69) is 15.7 Å². The van der Waals surface area contributed by atoms with Gasteiger partial charge in [0.2, 0.25) is 5.91 Å². The second-order valence-electron chi connectivity index (χ2n) is 7.30. The molecular weight excluding hydrogens is 410 g/mol. The van der Waals surface area contributed by atoms with Crippen molar-refractivity contribution in [1.29, 1.82) is 0 Å². The first-order valence-electron chi connectivity index (χ1n) is 9.55. The number of halogens is 1. The molecule has 0 spiro atoms. The fraction of sp³-hybridized carbons (Fsp3) is 0.400. The number of benzene rings is 1. The van der Waals surface area contributed by atoms with Crippen LogP contribution in [-0.2, 0) is 14.4 Å². The molecule has 1 atom stereocenters. The second-order valence-corrected chi connectivity index (χ2v) is 7.56. The van der Waals surface area contributed by atoms with Crippen molar-refractivity contribution in [3.63, 3.8) is 0 Å². The number of carbonyl (C=O) groups is 4. The first-order chi connectivity index (χ1) is 14.2. The molecule has 0 aliphatic carbocycles. The van der Waals surface area contributed by atoms with Gasteiger partial charge >= 0.3 is 0 Å². The van der Waals surface area contributed by atoms with Gasteiger partial charge in [0.15, 0.2) is 0 Å². The Hall–Kier alpha value is -3.07. The van der Waals surface area contributed by atoms with Crippen molar-refractivity contribution in [3.8, 4) is 0 Å². The third-order valence-electron chi connectivity index (χ3n) is 4.35. The van der Waals surface area contributed by atoms with Crippen molar-refractivity contribution in [2.24, 2.45) is 11.7 Å². The summed E-state index contributed by atoms with van der Waals surface area (Å²) in [4.78, 5) is 51.6. The number of alkyl halides is 1. The molecule has 2 rings (SSSR count). The molecule has 5 N–H and O–H groups in total. The Morgan fingerprint density at radius 3 is 2.50 bits per heavy atom. The summed E-state index contributed by atoms with van der Waals surface area (Å²) in [6.07, 6.45) is 0.204. The van der Waals surface area contributed by atoms with E-state index < -0.39 is 29.7 Å². The quantitative estimate of drug-likeness (QED) is 0.348. The van der Waals surface area contributed by atoms with Crippen molar-refractivity contribution in [2.45, 2.75) is 32.7 Å². The van der Waals surface area contributed by atoms with Crippen LogP contribution in [0, 0.1) is 5.92 Å². The largest absolute Gasteiger partial charge is 0.370 e. The van der Waals surface area contributed by atoms with Gasteiger partial charge in [-0.05, 0) is 24.5 Å². The predicted octanol–water partition coefficient (Wildman–Crippen LogP) is 1.29. The Morgan fingerprint density at radius 2 is 1.90 bits per heavy atom. The summed E-state index contributed by atoms with van der Waals surface area (Å²) < 4.78 is 0. The van der Waals surface area contributed by atoms with Crippen LogP contribution < -0.4 is 16.5 Å². The van der Waals surface area contributed by atoms with Crippen LogP contribution in [0.4, 0.5) is 0 Å². The van der Waals surface area contributed by atoms with E-state index in [0.29, 0.717) is 12.1 Å². The topological polar surface area (TPSA) is 137 Å². The third kappa shape index (κ3) is 6.48. The number of nitrogens with one attached hydrogen (secondary N) is 3. The standard InChI is InChI=1S/C20H26ClN5O4/c1-12(2)9-15(20(30)25-26(18(28)11-21)8-7-17(22)27)24-19(29)16-10-13-5-3-4-6-14(13)23-16/h3-6,10,12,15,23H,7-9,11H2,1-2H3,(H2,22,27)(H,24,29)(H,25,30). The maximum Gasteiger partial charge on any atom is 0.268 e. The molecule has 9 nitrogen and oxygen atoms in total. The van der Waals surface area contributed by atoms with Crippen LogP contribution in [-0.4, -0.2) is 52.1 Å². The first-order valence-corrected chi connectivity index (χ1v) is 10.1. The fourth-order valence-corrected chi connectivity index (χ4v) is 3.03. The molecule has 162 valence electrons. The van der Waals surface area contributed by atoms with Gasteiger partial charge in [0.25, 0.3) is 17.7 Å². The summed E-state index contributed by atoms with van der Waals surface area (Å²) in [6.45, 7) is 3.70. The highest BCUT2D eigenvalue weighted by Gasteiger charge is 2.26. The number of nitrogens with zero attached hydrogens (tertiary/aromatic N) is 1. The van der Waals surface area contributed by atoms with Gasteiger partial charge in [-0.2, -0.15) is 0 Å². The van der Waals surface area contributed by atoms with Crippen LogP contribution in [0.25, 0.3) is 10.9 Å². The zero-order valence-electron chi connectivity index (χ0n) is 16.9. The minimum absolute atomic E-state index is 0.0894. The lowest BCUT2D eigenvalue weighted by molar-refractivity contribution is -0.141. The summed E-state index contributed by atoms with van der Waals surface area (Å²) in [5.41, 5.74) is 8.68. The van der Waals surface area contributed by atoms with Crippen molar-refractivity contribution in [2.75, 3.05) is 12.4 Å². The van der Waals surface area contributed by atoms with E-state index in [1.165, 1.54) is 0 Å². The number of fused-ring (bicyclic) bond motifs is 1. The lowest BCUT2D eigenvalue weighted by atomic mass is 10.0. The van der Waals surface area contributed by atoms with Crippen molar-refractivity contribution in [1.82, 2.24) is 20.7 Å². The lowest BCUT2D eigenvalue weighted by Crippen LogP contribution is -2.55. The monoisotopic (exact) mass is 435 g/mol. The van der Waals surface area contributed by atoms with Gasteiger partial charge in [0.05, 0.1) is 6.54 Å². The van der Waals surface area contributed by atoms with Gasteiger partial charge < -0.3 is 16.0 Å². The minimum atomic E-state index is -0.900. The summed E-state index contributed by atoms with van der Waals surface area (Å²) in [6, 6.07) is 8.23. The molecule has 0 aliphatic heterocycles. The van der Waals surface area contributed by atoms with Gasteiger partial charge in [-0.25, -0.2) is 0 Å². The van der Waals surface area contributed by atoms with Gasteiger partial charge in [-0.3, -0.25) is 29.6 Å². The molecule has 0 saturated carbocycles. The number of carbonyl (C=O) groups excluding carboxylic acids is 4. The van der Waals surface area contributed by atoms with E-state index in [1.54, 1.807) is 6.07 Å². The number of amides is 4. The molecule has 10 heteroatoms. The minimum Gasteiger partial charge on any atom is -0.370 e. The van der Waals surface area contributed by atoms with E-state index in [4.69, 9.17) is 17.3 Å². The van der Waals surface area contributed by atoms with Crippen LogP contribution in [0.5, 0.6) is 0 Å². The second kappa shape index (κ2) is 10.6. The van der Waals surface area contributed by atoms with E-state index >= 15 is 0 Å². The van der Waals surface area contributed by atoms with Crippen molar-refractivity contribution < 1.29 is 19.2 Å². The summed E-state index contributed by atoms with van der Waals surface area (Å²) in [7, 11) is 0. The predicted molar refractivity (Wildman–Crippen MR) is 113 cm³/mol. The number of H-pyrrole nitrogens is 1. The molecule has 1 heterocycles. The summed E-state index contributed by atoms with van der Waals surface area (Å²) >= 11 is 5.58. The van der Waals surface area contributed by atoms with Gasteiger partial charge in [0.1, 0.15) is 17.6 Å². The molecule has 0 fully saturated rings. The Balaban J connectivity index is 2.13. The Bertz CT molecular complexity index is 894. The number of primary amides is 1. The lowest BCUT2D eigenvalue weighted by Gasteiger charge is -2.26. The molecule has 0 aliphatic rings. The average Bonchev–Trinajstić information content (AvgIpc) is 3.13. The van der Waals surface area contributed by atoms with Crippen LogP contribution in [0.3, 0.4) is 0 Å². The van der Waals surface area contributed by atoms with Crippen LogP contribution >= 0.6 is 11.6 Å². The van der Waals surface area contributed by atoms with E-state index in [-0.39, 0.29) is 24.8 Å². The Labute approximate surface area is 179 Å². The van der Waals surface area contributed by atoms with Gasteiger partial charge in [-0.15, -0.1) is 11.6 Å². The number of nitrogens with two attached hydrogens (primary N) is 1. The number of rotatable bonds is 9. The molecule has 30 heavy (non-hydrogen) atoms. The van der Waals surface area contributed by atoms with Crippen molar-refractivity contribution >= 4 is 46.1 Å². The highest BCUT2D eigenvalue weighted by Crippen LogP contribution is 2.15. The smallest absolute Gasteiger partial charge is 0.268 e. The number of hydrogen-bond acceptors (Lipinski definition) is 4. The highest BCUT2D eigenvalue weighted by atomic mass is 35.5. The first kappa shape index (κ1) is 23.2. The molecular formula is C20H26ClN5O4. The number of hydrazine groups is 1. The van der Waals surface area contributed by atoms with Crippen LogP contribution in [0.1, 0.15) is 37.2 Å². The third-order valence-corrected chi connectivity index (χ3v) is 4.57. The number of aromatic nitrogens is 1. The van der Waals surface area contributed by atoms with E-state index in [0.717, 1.165) is 15.9 Å². The normalized spacial score (nSPS) is 11.9. The SMILES string of the molecule is CC(C)CC(NC(=O)c1cc2ccccc2[nH]1)C(=O)NN(CCC(N)=O)C(=O)CCl. The zero-order chi connectivity index (χ0) is 22.3. The van der Waals surface area contributed by atoms with Gasteiger partial charge in [-0.1, -0.05) is 32.0 Å². The maximum atomic E-state index is 12.8. The molecule has 0 radical (unpaired) electrons. The zero-order valence-corrected chi connectivity index (χ0v) is 17.7.